The minimum atomic E-state index is 0.730. The van der Waals surface area contributed by atoms with Crippen molar-refractivity contribution in [1.29, 1.82) is 0 Å². The summed E-state index contributed by atoms with van der Waals surface area (Å²) in [6.07, 6.45) is 1.94. The Morgan fingerprint density at radius 1 is 1.19 bits per heavy atom. The predicted molar refractivity (Wildman–Crippen MR) is 87.9 cm³/mol. The molecule has 1 heterocycles. The van der Waals surface area contributed by atoms with E-state index in [0.717, 1.165) is 24.7 Å². The number of aromatic nitrogens is 1. The maximum Gasteiger partial charge on any atom is 0.101 e. The van der Waals surface area contributed by atoms with Crippen LogP contribution < -0.4 is 5.32 Å². The summed E-state index contributed by atoms with van der Waals surface area (Å²) in [5.74, 6) is 0. The highest BCUT2D eigenvalue weighted by atomic mass is 32.2. The minimum absolute atomic E-state index is 0.730. The van der Waals surface area contributed by atoms with Crippen LogP contribution in [-0.4, -0.2) is 25.2 Å². The molecule has 0 unspecified atom stereocenters. The molecule has 0 aliphatic rings. The van der Waals surface area contributed by atoms with Crippen molar-refractivity contribution < 1.29 is 4.74 Å². The Morgan fingerprint density at radius 3 is 2.71 bits per heavy atom. The number of nitrogens with zero attached hydrogens (tertiary/aromatic N) is 1. The molecular weight excluding hydrogens is 280 g/mol. The Hall–Kier alpha value is -1.36. The first-order chi connectivity index (χ1) is 10.2. The second-order valence-corrected chi connectivity index (χ2v) is 6.11. The summed E-state index contributed by atoms with van der Waals surface area (Å²) in [6, 6.07) is 10.7. The molecular formula is C17H22N2OS. The molecule has 112 valence electrons. The summed E-state index contributed by atoms with van der Waals surface area (Å²) in [7, 11) is 1.71. The first-order valence-corrected chi connectivity index (χ1v) is 7.90. The van der Waals surface area contributed by atoms with E-state index in [9.17, 15) is 0 Å². The molecule has 1 aromatic carbocycles. The van der Waals surface area contributed by atoms with Crippen molar-refractivity contribution >= 4 is 11.8 Å². The fourth-order valence-corrected chi connectivity index (χ4v) is 2.83. The third-order valence-electron chi connectivity index (χ3n) is 3.15. The Labute approximate surface area is 131 Å². The van der Waals surface area contributed by atoms with Crippen LogP contribution in [0.15, 0.2) is 46.5 Å². The third-order valence-corrected chi connectivity index (χ3v) is 4.28. The zero-order chi connectivity index (χ0) is 15.1. The molecule has 0 aliphatic heterocycles. The molecule has 21 heavy (non-hydrogen) atoms. The number of ether oxygens (including phenoxy) is 1. The van der Waals surface area contributed by atoms with Gasteiger partial charge in [0, 0.05) is 31.3 Å². The second-order valence-electron chi connectivity index (χ2n) is 5.05. The van der Waals surface area contributed by atoms with Gasteiger partial charge in [0.2, 0.25) is 0 Å². The lowest BCUT2D eigenvalue weighted by atomic mass is 10.2. The van der Waals surface area contributed by atoms with E-state index in [0.29, 0.717) is 0 Å². The van der Waals surface area contributed by atoms with Crippen molar-refractivity contribution in [3.05, 3.63) is 53.2 Å². The molecule has 0 amide bonds. The van der Waals surface area contributed by atoms with Crippen molar-refractivity contribution in [3.63, 3.8) is 0 Å². The molecule has 0 fully saturated rings. The van der Waals surface area contributed by atoms with Crippen molar-refractivity contribution in [1.82, 2.24) is 10.3 Å². The van der Waals surface area contributed by atoms with E-state index in [1.165, 1.54) is 21.6 Å². The number of benzene rings is 1. The number of rotatable bonds is 7. The van der Waals surface area contributed by atoms with Gasteiger partial charge in [0.15, 0.2) is 0 Å². The van der Waals surface area contributed by atoms with Crippen LogP contribution in [0, 0.1) is 13.8 Å². The number of hydrogen-bond acceptors (Lipinski definition) is 4. The average Bonchev–Trinajstić information content (AvgIpc) is 2.48. The lowest BCUT2D eigenvalue weighted by molar-refractivity contribution is 0.199. The molecule has 0 radical (unpaired) electrons. The first kappa shape index (κ1) is 16.0. The number of aryl methyl sites for hydroxylation is 2. The largest absolute Gasteiger partial charge is 0.383 e. The number of pyridine rings is 1. The van der Waals surface area contributed by atoms with Gasteiger partial charge in [-0.1, -0.05) is 35.5 Å². The second kappa shape index (κ2) is 8.17. The quantitative estimate of drug-likeness (QED) is 0.793. The van der Waals surface area contributed by atoms with Gasteiger partial charge >= 0.3 is 0 Å². The van der Waals surface area contributed by atoms with Crippen molar-refractivity contribution in [2.45, 2.75) is 30.3 Å². The molecule has 0 bridgehead atoms. The normalized spacial score (nSPS) is 10.8. The van der Waals surface area contributed by atoms with Gasteiger partial charge in [-0.2, -0.15) is 0 Å². The van der Waals surface area contributed by atoms with Gasteiger partial charge in [-0.3, -0.25) is 0 Å². The van der Waals surface area contributed by atoms with Crippen LogP contribution >= 0.6 is 11.8 Å². The summed E-state index contributed by atoms with van der Waals surface area (Å²) >= 11 is 1.71. The van der Waals surface area contributed by atoms with Gasteiger partial charge in [0.1, 0.15) is 5.03 Å². The minimum Gasteiger partial charge on any atom is -0.383 e. The Morgan fingerprint density at radius 2 is 2.05 bits per heavy atom. The lowest BCUT2D eigenvalue weighted by Crippen LogP contribution is -2.18. The zero-order valence-electron chi connectivity index (χ0n) is 12.8. The highest BCUT2D eigenvalue weighted by molar-refractivity contribution is 7.99. The molecule has 1 aromatic heterocycles. The average molecular weight is 302 g/mol. The van der Waals surface area contributed by atoms with Crippen LogP contribution in [0.25, 0.3) is 0 Å². The van der Waals surface area contributed by atoms with Crippen molar-refractivity contribution in [2.75, 3.05) is 20.3 Å². The maximum atomic E-state index is 5.00. The SMILES string of the molecule is COCCNCc1ccc(Sc2ccc(C)cc2C)nc1. The standard InChI is InChI=1S/C17H22N2OS/c1-13-4-6-16(14(2)10-13)21-17-7-5-15(12-19-17)11-18-8-9-20-3/h4-7,10,12,18H,8-9,11H2,1-3H3. The van der Waals surface area contributed by atoms with E-state index < -0.39 is 0 Å². The summed E-state index contributed by atoms with van der Waals surface area (Å²) in [5.41, 5.74) is 3.78. The van der Waals surface area contributed by atoms with E-state index in [2.05, 4.69) is 54.5 Å². The molecule has 3 nitrogen and oxygen atoms in total. The molecule has 0 spiro atoms. The summed E-state index contributed by atoms with van der Waals surface area (Å²) in [4.78, 5) is 5.79. The van der Waals surface area contributed by atoms with E-state index in [4.69, 9.17) is 4.74 Å². The van der Waals surface area contributed by atoms with Gasteiger partial charge in [-0.15, -0.1) is 0 Å². The Balaban J connectivity index is 1.92. The Kier molecular flexibility index (Phi) is 6.23. The molecule has 2 rings (SSSR count). The molecule has 1 N–H and O–H groups in total. The highest BCUT2D eigenvalue weighted by Gasteiger charge is 2.03. The number of methoxy groups -OCH3 is 1. The van der Waals surface area contributed by atoms with Crippen molar-refractivity contribution in [3.8, 4) is 0 Å². The maximum absolute atomic E-state index is 5.00. The topological polar surface area (TPSA) is 34.1 Å². The van der Waals surface area contributed by atoms with Gasteiger partial charge in [-0.25, -0.2) is 4.98 Å². The van der Waals surface area contributed by atoms with Crippen LogP contribution in [-0.2, 0) is 11.3 Å². The van der Waals surface area contributed by atoms with Gasteiger partial charge in [0.05, 0.1) is 6.61 Å². The van der Waals surface area contributed by atoms with Crippen molar-refractivity contribution in [2.24, 2.45) is 0 Å². The molecule has 0 atom stereocenters. The van der Waals surface area contributed by atoms with Gasteiger partial charge in [-0.05, 0) is 37.1 Å². The molecule has 0 aliphatic carbocycles. The van der Waals surface area contributed by atoms with Crippen LogP contribution in [0.3, 0.4) is 0 Å². The fraction of sp³-hybridized carbons (Fsp3) is 0.353. The van der Waals surface area contributed by atoms with Crippen LogP contribution in [0.1, 0.15) is 16.7 Å². The summed E-state index contributed by atoms with van der Waals surface area (Å²) in [5, 5.41) is 4.35. The van der Waals surface area contributed by atoms with Gasteiger partial charge in [0.25, 0.3) is 0 Å². The van der Waals surface area contributed by atoms with Crippen LogP contribution in [0.4, 0.5) is 0 Å². The van der Waals surface area contributed by atoms with Crippen LogP contribution in [0.5, 0.6) is 0 Å². The number of nitrogens with one attached hydrogen (secondary N) is 1. The fourth-order valence-electron chi connectivity index (χ4n) is 2.01. The first-order valence-electron chi connectivity index (χ1n) is 7.09. The number of hydrogen-bond donors (Lipinski definition) is 1. The summed E-state index contributed by atoms with van der Waals surface area (Å²) < 4.78 is 5.00. The molecule has 2 aromatic rings. The predicted octanol–water partition coefficient (Wildman–Crippen LogP) is 3.59. The zero-order valence-corrected chi connectivity index (χ0v) is 13.7. The molecule has 0 saturated heterocycles. The third kappa shape index (κ3) is 5.16. The smallest absolute Gasteiger partial charge is 0.101 e. The highest BCUT2D eigenvalue weighted by Crippen LogP contribution is 2.29. The van der Waals surface area contributed by atoms with Gasteiger partial charge < -0.3 is 10.1 Å². The van der Waals surface area contributed by atoms with E-state index in [-0.39, 0.29) is 0 Å². The van der Waals surface area contributed by atoms with E-state index in [1.807, 2.05) is 6.20 Å². The molecule has 0 saturated carbocycles. The van der Waals surface area contributed by atoms with Crippen LogP contribution in [0.2, 0.25) is 0 Å². The lowest BCUT2D eigenvalue weighted by Gasteiger charge is -2.07. The monoisotopic (exact) mass is 302 g/mol. The van der Waals surface area contributed by atoms with E-state index >= 15 is 0 Å². The van der Waals surface area contributed by atoms with E-state index in [1.54, 1.807) is 18.9 Å². The molecule has 4 heteroatoms. The Bertz CT molecular complexity index is 570. The summed E-state index contributed by atoms with van der Waals surface area (Å²) in [6.45, 7) is 6.67.